The number of halogens is 3. The molecule has 1 aromatic rings. The molecule has 8 heteroatoms. The van der Waals surface area contributed by atoms with Crippen molar-refractivity contribution in [1.29, 1.82) is 0 Å². The summed E-state index contributed by atoms with van der Waals surface area (Å²) in [6, 6.07) is 0.760. The molecule has 1 aromatic heterocycles. The van der Waals surface area contributed by atoms with Crippen molar-refractivity contribution in [2.24, 2.45) is 11.8 Å². The van der Waals surface area contributed by atoms with Crippen molar-refractivity contribution in [2.45, 2.75) is 37.9 Å². The first-order valence-electron chi connectivity index (χ1n) is 6.83. The Morgan fingerprint density at radius 1 is 1.33 bits per heavy atom. The Balaban J connectivity index is 1.89. The summed E-state index contributed by atoms with van der Waals surface area (Å²) in [5, 5.41) is 13.9. The van der Waals surface area contributed by atoms with Gasteiger partial charge in [0.05, 0.1) is 4.92 Å². The second kappa shape index (κ2) is 4.85. The van der Waals surface area contributed by atoms with E-state index in [-0.39, 0.29) is 11.7 Å². The van der Waals surface area contributed by atoms with E-state index in [4.69, 9.17) is 0 Å². The Morgan fingerprint density at radius 3 is 2.62 bits per heavy atom. The first-order valence-corrected chi connectivity index (χ1v) is 6.83. The van der Waals surface area contributed by atoms with Gasteiger partial charge in [-0.1, -0.05) is 6.42 Å². The quantitative estimate of drug-likeness (QED) is 0.684. The summed E-state index contributed by atoms with van der Waals surface area (Å²) in [5.41, 5.74) is -1.61. The Labute approximate surface area is 118 Å². The lowest BCUT2D eigenvalue weighted by molar-refractivity contribution is -0.384. The number of nitrogens with zero attached hydrogens (tertiary/aromatic N) is 2. The van der Waals surface area contributed by atoms with Crippen LogP contribution in [0, 0.1) is 22.0 Å². The average Bonchev–Trinajstić information content (AvgIpc) is 2.99. The third kappa shape index (κ3) is 2.66. The molecule has 2 aliphatic carbocycles. The van der Waals surface area contributed by atoms with Gasteiger partial charge in [-0.3, -0.25) is 10.1 Å². The molecular formula is C13H14F3N3O2. The van der Waals surface area contributed by atoms with Crippen LogP contribution in [0.1, 0.15) is 31.4 Å². The van der Waals surface area contributed by atoms with E-state index in [0.717, 1.165) is 31.7 Å². The van der Waals surface area contributed by atoms with Gasteiger partial charge >= 0.3 is 11.9 Å². The zero-order valence-electron chi connectivity index (χ0n) is 11.1. The SMILES string of the molecule is O=[N+]([O-])c1cnc(C(F)(F)F)cc1NC1CC2CCC1C2. The highest BCUT2D eigenvalue weighted by atomic mass is 19.4. The smallest absolute Gasteiger partial charge is 0.376 e. The zero-order chi connectivity index (χ0) is 15.2. The van der Waals surface area contributed by atoms with E-state index in [0.29, 0.717) is 18.0 Å². The van der Waals surface area contributed by atoms with Crippen LogP contribution in [-0.4, -0.2) is 15.9 Å². The fraction of sp³-hybridized carbons (Fsp3) is 0.615. The van der Waals surface area contributed by atoms with E-state index < -0.39 is 22.5 Å². The van der Waals surface area contributed by atoms with Crippen molar-refractivity contribution in [3.63, 3.8) is 0 Å². The number of nitrogens with one attached hydrogen (secondary N) is 1. The predicted molar refractivity (Wildman–Crippen MR) is 68.8 cm³/mol. The number of rotatable bonds is 3. The molecule has 3 unspecified atom stereocenters. The van der Waals surface area contributed by atoms with Gasteiger partial charge in [0, 0.05) is 6.04 Å². The molecule has 0 aromatic carbocycles. The summed E-state index contributed by atoms with van der Waals surface area (Å²) in [6.45, 7) is 0. The number of alkyl halides is 3. The molecule has 2 saturated carbocycles. The standard InChI is InChI=1S/C13H14F3N3O2/c14-13(15,16)12-5-10(11(6-17-12)19(20)21)18-9-4-7-1-2-8(9)3-7/h5-9H,1-4H2,(H,17,18). The van der Waals surface area contributed by atoms with Crippen LogP contribution in [0.3, 0.4) is 0 Å². The molecule has 0 amide bonds. The second-order valence-electron chi connectivity index (χ2n) is 5.77. The van der Waals surface area contributed by atoms with Crippen molar-refractivity contribution in [3.05, 3.63) is 28.1 Å². The molecule has 0 saturated heterocycles. The molecule has 3 rings (SSSR count). The third-order valence-corrected chi connectivity index (χ3v) is 4.45. The van der Waals surface area contributed by atoms with Crippen LogP contribution in [0.5, 0.6) is 0 Å². The Kier molecular flexibility index (Phi) is 3.26. The molecule has 0 aliphatic heterocycles. The van der Waals surface area contributed by atoms with Crippen LogP contribution in [0.4, 0.5) is 24.5 Å². The second-order valence-corrected chi connectivity index (χ2v) is 5.77. The van der Waals surface area contributed by atoms with Crippen molar-refractivity contribution in [3.8, 4) is 0 Å². The molecule has 2 bridgehead atoms. The topological polar surface area (TPSA) is 68.1 Å². The summed E-state index contributed by atoms with van der Waals surface area (Å²) in [6.07, 6.45) is 0.176. The van der Waals surface area contributed by atoms with Gasteiger partial charge in [-0.2, -0.15) is 13.2 Å². The van der Waals surface area contributed by atoms with Gasteiger partial charge in [0.15, 0.2) is 0 Å². The van der Waals surface area contributed by atoms with Crippen LogP contribution >= 0.6 is 0 Å². The molecule has 114 valence electrons. The lowest BCUT2D eigenvalue weighted by atomic mass is 9.95. The summed E-state index contributed by atoms with van der Waals surface area (Å²) >= 11 is 0. The number of hydrogen-bond donors (Lipinski definition) is 1. The number of hydrogen-bond acceptors (Lipinski definition) is 4. The van der Waals surface area contributed by atoms with E-state index in [1.165, 1.54) is 0 Å². The van der Waals surface area contributed by atoms with Crippen molar-refractivity contribution >= 4 is 11.4 Å². The minimum Gasteiger partial charge on any atom is -0.376 e. The number of anilines is 1. The largest absolute Gasteiger partial charge is 0.433 e. The Hall–Kier alpha value is -1.86. The first kappa shape index (κ1) is 14.1. The fourth-order valence-corrected chi connectivity index (χ4v) is 3.49. The summed E-state index contributed by atoms with van der Waals surface area (Å²) in [4.78, 5) is 13.4. The van der Waals surface area contributed by atoms with E-state index in [1.807, 2.05) is 0 Å². The summed E-state index contributed by atoms with van der Waals surface area (Å²) in [7, 11) is 0. The van der Waals surface area contributed by atoms with Crippen LogP contribution < -0.4 is 5.32 Å². The van der Waals surface area contributed by atoms with Crippen LogP contribution in [0.2, 0.25) is 0 Å². The van der Waals surface area contributed by atoms with E-state index >= 15 is 0 Å². The highest BCUT2D eigenvalue weighted by Crippen LogP contribution is 2.46. The average molecular weight is 301 g/mol. The van der Waals surface area contributed by atoms with Crippen molar-refractivity contribution in [1.82, 2.24) is 4.98 Å². The first-order chi connectivity index (χ1) is 9.84. The minimum atomic E-state index is -4.61. The summed E-state index contributed by atoms with van der Waals surface area (Å²) in [5.74, 6) is 0.993. The zero-order valence-corrected chi connectivity index (χ0v) is 11.1. The van der Waals surface area contributed by atoms with Gasteiger partial charge in [-0.05, 0) is 37.2 Å². The molecule has 2 fully saturated rings. The van der Waals surface area contributed by atoms with E-state index in [2.05, 4.69) is 10.3 Å². The fourth-order valence-electron chi connectivity index (χ4n) is 3.49. The monoisotopic (exact) mass is 301 g/mol. The van der Waals surface area contributed by atoms with Crippen LogP contribution in [-0.2, 0) is 6.18 Å². The van der Waals surface area contributed by atoms with Crippen molar-refractivity contribution in [2.75, 3.05) is 5.32 Å². The molecule has 1 N–H and O–H groups in total. The molecule has 0 radical (unpaired) electrons. The summed E-state index contributed by atoms with van der Waals surface area (Å²) < 4.78 is 38.1. The maximum atomic E-state index is 12.7. The highest BCUT2D eigenvalue weighted by molar-refractivity contribution is 5.61. The highest BCUT2D eigenvalue weighted by Gasteiger charge is 2.41. The Morgan fingerprint density at radius 2 is 2.10 bits per heavy atom. The maximum Gasteiger partial charge on any atom is 0.433 e. The third-order valence-electron chi connectivity index (χ3n) is 4.45. The molecule has 2 aliphatic rings. The number of pyridine rings is 1. The van der Waals surface area contributed by atoms with E-state index in [9.17, 15) is 23.3 Å². The van der Waals surface area contributed by atoms with Gasteiger partial charge in [-0.15, -0.1) is 0 Å². The van der Waals surface area contributed by atoms with Gasteiger partial charge in [0.1, 0.15) is 17.6 Å². The molecular weight excluding hydrogens is 287 g/mol. The van der Waals surface area contributed by atoms with Crippen LogP contribution in [0.15, 0.2) is 12.3 Å². The van der Waals surface area contributed by atoms with Crippen molar-refractivity contribution < 1.29 is 18.1 Å². The lowest BCUT2D eigenvalue weighted by Crippen LogP contribution is -2.26. The maximum absolute atomic E-state index is 12.7. The molecule has 5 nitrogen and oxygen atoms in total. The Bertz CT molecular complexity index is 576. The lowest BCUT2D eigenvalue weighted by Gasteiger charge is -2.24. The van der Waals surface area contributed by atoms with Gasteiger partial charge in [0.25, 0.3) is 0 Å². The van der Waals surface area contributed by atoms with Gasteiger partial charge in [0.2, 0.25) is 0 Å². The minimum absolute atomic E-state index is 0.0194. The molecule has 0 spiro atoms. The molecule has 21 heavy (non-hydrogen) atoms. The molecule has 1 heterocycles. The van der Waals surface area contributed by atoms with Gasteiger partial charge < -0.3 is 5.32 Å². The van der Waals surface area contributed by atoms with Crippen LogP contribution in [0.25, 0.3) is 0 Å². The number of aromatic nitrogens is 1. The molecule has 3 atom stereocenters. The van der Waals surface area contributed by atoms with Gasteiger partial charge in [-0.25, -0.2) is 4.98 Å². The number of fused-ring (bicyclic) bond motifs is 2. The van der Waals surface area contributed by atoms with E-state index in [1.54, 1.807) is 0 Å². The normalized spacial score (nSPS) is 27.9. The number of nitro groups is 1. The predicted octanol–water partition coefficient (Wildman–Crippen LogP) is 3.61.